The van der Waals surface area contributed by atoms with Gasteiger partial charge < -0.3 is 4.90 Å². The van der Waals surface area contributed by atoms with Gasteiger partial charge in [0.15, 0.2) is 5.65 Å². The predicted molar refractivity (Wildman–Crippen MR) is 124 cm³/mol. The molecule has 8 heteroatoms. The van der Waals surface area contributed by atoms with E-state index in [1.807, 2.05) is 47.4 Å². The molecule has 5 aromatic rings. The van der Waals surface area contributed by atoms with Crippen LogP contribution in [0.2, 0.25) is 0 Å². The van der Waals surface area contributed by atoms with Crippen LogP contribution in [-0.4, -0.2) is 53.9 Å². The molecule has 0 aliphatic carbocycles. The molecule has 1 fully saturated rings. The molecule has 1 aromatic carbocycles. The summed E-state index contributed by atoms with van der Waals surface area (Å²) in [5.41, 5.74) is 4.59. The van der Waals surface area contributed by atoms with Crippen molar-refractivity contribution < 1.29 is 4.39 Å². The van der Waals surface area contributed by atoms with Gasteiger partial charge in [-0.3, -0.25) is 9.67 Å². The number of rotatable bonds is 6. The van der Waals surface area contributed by atoms with Gasteiger partial charge in [0.2, 0.25) is 0 Å². The summed E-state index contributed by atoms with van der Waals surface area (Å²) in [6, 6.07) is 11.0. The maximum Gasteiger partial charge on any atom is 0.153 e. The molecule has 0 bridgehead atoms. The molecular weight excluding hydrogens is 417 g/mol. The van der Waals surface area contributed by atoms with Crippen LogP contribution in [0.3, 0.4) is 0 Å². The first-order valence-corrected chi connectivity index (χ1v) is 11.3. The first-order chi connectivity index (χ1) is 16.2. The van der Waals surface area contributed by atoms with E-state index in [9.17, 15) is 4.39 Å². The standard InChI is InChI=1S/C25H24FN7/c26-22-14-24-18(4-3-7-27-24)12-19(22)13-21-16-28-25-6-5-23(30-33(21)25)20-15-29-32(17-20)11-10-31-8-1-2-9-31/h3-7,12,14-17H,1-2,8-11,13H2. The van der Waals surface area contributed by atoms with Gasteiger partial charge in [0.1, 0.15) is 5.82 Å². The van der Waals surface area contributed by atoms with E-state index in [4.69, 9.17) is 5.10 Å². The minimum absolute atomic E-state index is 0.272. The fourth-order valence-corrected chi connectivity index (χ4v) is 4.54. The van der Waals surface area contributed by atoms with Crippen LogP contribution in [0, 0.1) is 5.82 Å². The molecule has 33 heavy (non-hydrogen) atoms. The SMILES string of the molecule is Fc1cc2ncccc2cc1Cc1cnc2ccc(-c3cnn(CCN4CCCC4)c3)nn12. The van der Waals surface area contributed by atoms with Crippen LogP contribution in [0.1, 0.15) is 24.1 Å². The van der Waals surface area contributed by atoms with Crippen LogP contribution in [0.4, 0.5) is 4.39 Å². The normalized spacial score (nSPS) is 14.6. The summed E-state index contributed by atoms with van der Waals surface area (Å²) in [6.07, 6.45) is 10.3. The summed E-state index contributed by atoms with van der Waals surface area (Å²) in [7, 11) is 0. The molecule has 0 unspecified atom stereocenters. The number of likely N-dealkylation sites (tertiary alicyclic amines) is 1. The molecule has 6 rings (SSSR count). The second-order valence-electron chi connectivity index (χ2n) is 8.60. The van der Waals surface area contributed by atoms with Crippen LogP contribution in [0.5, 0.6) is 0 Å². The topological polar surface area (TPSA) is 64.1 Å². The lowest BCUT2D eigenvalue weighted by molar-refractivity contribution is 0.316. The van der Waals surface area contributed by atoms with E-state index >= 15 is 0 Å². The van der Waals surface area contributed by atoms with Crippen molar-refractivity contribution in [3.05, 3.63) is 78.3 Å². The number of hydrogen-bond donors (Lipinski definition) is 0. The van der Waals surface area contributed by atoms with Crippen LogP contribution < -0.4 is 0 Å². The van der Waals surface area contributed by atoms with Gasteiger partial charge in [0.05, 0.1) is 35.8 Å². The summed E-state index contributed by atoms with van der Waals surface area (Å²) in [4.78, 5) is 11.2. The van der Waals surface area contributed by atoms with Gasteiger partial charge in [-0.2, -0.15) is 10.2 Å². The minimum Gasteiger partial charge on any atom is -0.301 e. The van der Waals surface area contributed by atoms with Gasteiger partial charge >= 0.3 is 0 Å². The molecule has 7 nitrogen and oxygen atoms in total. The lowest BCUT2D eigenvalue weighted by Crippen LogP contribution is -2.24. The third-order valence-electron chi connectivity index (χ3n) is 6.35. The van der Waals surface area contributed by atoms with E-state index in [1.165, 1.54) is 32.0 Å². The molecule has 1 aliphatic rings. The Balaban J connectivity index is 1.26. The molecule has 0 spiro atoms. The van der Waals surface area contributed by atoms with Crippen LogP contribution >= 0.6 is 0 Å². The van der Waals surface area contributed by atoms with E-state index in [1.54, 1.807) is 16.9 Å². The van der Waals surface area contributed by atoms with Crippen molar-refractivity contribution in [2.24, 2.45) is 0 Å². The number of pyridine rings is 1. The van der Waals surface area contributed by atoms with Crippen molar-refractivity contribution in [1.29, 1.82) is 0 Å². The third-order valence-corrected chi connectivity index (χ3v) is 6.35. The third kappa shape index (κ3) is 3.98. The highest BCUT2D eigenvalue weighted by Crippen LogP contribution is 2.22. The molecule has 5 heterocycles. The van der Waals surface area contributed by atoms with E-state index in [-0.39, 0.29) is 5.82 Å². The summed E-state index contributed by atoms with van der Waals surface area (Å²) in [5, 5.41) is 10.2. The lowest BCUT2D eigenvalue weighted by atomic mass is 10.1. The molecule has 4 aromatic heterocycles. The number of benzene rings is 1. The molecule has 0 amide bonds. The Bertz CT molecular complexity index is 1430. The van der Waals surface area contributed by atoms with Crippen molar-refractivity contribution in [2.75, 3.05) is 19.6 Å². The zero-order valence-electron chi connectivity index (χ0n) is 18.2. The Morgan fingerprint density at radius 2 is 1.88 bits per heavy atom. The molecule has 0 atom stereocenters. The van der Waals surface area contributed by atoms with Crippen molar-refractivity contribution >= 4 is 16.6 Å². The van der Waals surface area contributed by atoms with Gasteiger partial charge in [0, 0.05) is 42.4 Å². The molecule has 0 saturated carbocycles. The monoisotopic (exact) mass is 441 g/mol. The zero-order valence-corrected chi connectivity index (χ0v) is 18.2. The minimum atomic E-state index is -0.272. The predicted octanol–water partition coefficient (Wildman–Crippen LogP) is 3.97. The highest BCUT2D eigenvalue weighted by molar-refractivity contribution is 5.79. The first kappa shape index (κ1) is 20.0. The van der Waals surface area contributed by atoms with Crippen molar-refractivity contribution in [2.45, 2.75) is 25.8 Å². The summed E-state index contributed by atoms with van der Waals surface area (Å²) < 4.78 is 18.5. The van der Waals surface area contributed by atoms with Crippen molar-refractivity contribution in [3.63, 3.8) is 0 Å². The largest absolute Gasteiger partial charge is 0.301 e. The van der Waals surface area contributed by atoms with Crippen molar-refractivity contribution in [1.82, 2.24) is 34.3 Å². The zero-order chi connectivity index (χ0) is 22.2. The quantitative estimate of drug-likeness (QED) is 0.399. The lowest BCUT2D eigenvalue weighted by Gasteiger charge is -2.13. The van der Waals surface area contributed by atoms with Crippen LogP contribution in [0.25, 0.3) is 27.8 Å². The van der Waals surface area contributed by atoms with E-state index in [0.717, 1.165) is 41.1 Å². The second-order valence-corrected chi connectivity index (χ2v) is 8.60. The molecular formula is C25H24FN7. The summed E-state index contributed by atoms with van der Waals surface area (Å²) in [5.74, 6) is -0.272. The highest BCUT2D eigenvalue weighted by atomic mass is 19.1. The fourth-order valence-electron chi connectivity index (χ4n) is 4.54. The maximum atomic E-state index is 14.7. The Morgan fingerprint density at radius 3 is 2.79 bits per heavy atom. The Labute approximate surface area is 190 Å². The van der Waals surface area contributed by atoms with Gasteiger partial charge in [-0.15, -0.1) is 0 Å². The number of aromatic nitrogens is 6. The number of nitrogens with zero attached hydrogens (tertiary/aromatic N) is 7. The Morgan fingerprint density at radius 1 is 0.970 bits per heavy atom. The number of imidazole rings is 1. The first-order valence-electron chi connectivity index (χ1n) is 11.3. The van der Waals surface area contributed by atoms with Crippen LogP contribution in [0.15, 0.2) is 61.2 Å². The summed E-state index contributed by atoms with van der Waals surface area (Å²) in [6.45, 7) is 4.26. The van der Waals surface area contributed by atoms with Crippen molar-refractivity contribution in [3.8, 4) is 11.3 Å². The summed E-state index contributed by atoms with van der Waals surface area (Å²) >= 11 is 0. The van der Waals surface area contributed by atoms with Crippen LogP contribution in [-0.2, 0) is 13.0 Å². The Hall–Kier alpha value is -3.65. The van der Waals surface area contributed by atoms with Gasteiger partial charge in [-0.1, -0.05) is 6.07 Å². The van der Waals surface area contributed by atoms with Gasteiger partial charge in [-0.05, 0) is 55.8 Å². The molecule has 0 radical (unpaired) electrons. The van der Waals surface area contributed by atoms with Gasteiger partial charge in [0.25, 0.3) is 0 Å². The molecule has 0 N–H and O–H groups in total. The molecule has 166 valence electrons. The van der Waals surface area contributed by atoms with E-state index in [2.05, 4.69) is 20.0 Å². The van der Waals surface area contributed by atoms with E-state index in [0.29, 0.717) is 17.5 Å². The molecule has 1 saturated heterocycles. The second kappa shape index (κ2) is 8.37. The number of hydrogen-bond acceptors (Lipinski definition) is 5. The fraction of sp³-hybridized carbons (Fsp3) is 0.280. The maximum absolute atomic E-state index is 14.7. The average Bonchev–Trinajstić information content (AvgIpc) is 3.59. The van der Waals surface area contributed by atoms with E-state index < -0.39 is 0 Å². The Kier molecular flexibility index (Phi) is 5.07. The van der Waals surface area contributed by atoms with Gasteiger partial charge in [-0.25, -0.2) is 13.9 Å². The number of fused-ring (bicyclic) bond motifs is 2. The number of halogens is 1. The highest BCUT2D eigenvalue weighted by Gasteiger charge is 2.14. The molecule has 1 aliphatic heterocycles. The smallest absolute Gasteiger partial charge is 0.153 e. The average molecular weight is 442 g/mol.